The lowest BCUT2D eigenvalue weighted by atomic mass is 10.2. The molecule has 0 aromatic heterocycles. The van der Waals surface area contributed by atoms with E-state index in [0.29, 0.717) is 17.8 Å². The van der Waals surface area contributed by atoms with Crippen molar-refractivity contribution >= 4 is 20.0 Å². The molecule has 158 valence electrons. The second-order valence-corrected chi connectivity index (χ2v) is 8.75. The number of nitrogens with zero attached hydrogens (tertiary/aromatic N) is 1. The van der Waals surface area contributed by atoms with E-state index < -0.39 is 20.0 Å². The first-order chi connectivity index (χ1) is 12.4. The minimum atomic E-state index is -2.10. The van der Waals surface area contributed by atoms with E-state index in [1.807, 2.05) is 21.1 Å². The highest BCUT2D eigenvalue weighted by Gasteiger charge is 2.09. The van der Waals surface area contributed by atoms with Gasteiger partial charge in [0.05, 0.1) is 33.3 Å². The second kappa shape index (κ2) is 15.6. The van der Waals surface area contributed by atoms with Crippen molar-refractivity contribution in [2.45, 2.75) is 40.0 Å². The zero-order valence-corrected chi connectivity index (χ0v) is 18.6. The van der Waals surface area contributed by atoms with E-state index in [1.54, 1.807) is 19.9 Å². The zero-order chi connectivity index (χ0) is 21.5. The Kier molecular flexibility index (Phi) is 16.1. The molecule has 0 aliphatic rings. The molecule has 7 nitrogen and oxygen atoms in total. The Morgan fingerprint density at radius 1 is 1.19 bits per heavy atom. The van der Waals surface area contributed by atoms with Crippen LogP contribution in [0.2, 0.25) is 0 Å². The maximum atomic E-state index is 11.4. The number of carboxylic acid groups (broad SMARTS) is 1. The molecule has 0 saturated heterocycles. The van der Waals surface area contributed by atoms with Gasteiger partial charge in [-0.2, -0.15) is 0 Å². The maximum absolute atomic E-state index is 11.4. The number of esters is 1. The van der Waals surface area contributed by atoms with Crippen LogP contribution in [-0.4, -0.2) is 63.5 Å². The summed E-state index contributed by atoms with van der Waals surface area (Å²) in [5.74, 6) is -1.51. The summed E-state index contributed by atoms with van der Waals surface area (Å²) in [6, 6.07) is 0. The molecule has 8 heteroatoms. The summed E-state index contributed by atoms with van der Waals surface area (Å²) in [5, 5.41) is 10.1. The average molecular weight is 405 g/mol. The highest BCUT2D eigenvalue weighted by molar-refractivity contribution is 7.39. The molecular formula is C19H36NO6P. The van der Waals surface area contributed by atoms with Crippen LogP contribution >= 0.6 is 8.03 Å². The molecule has 0 saturated carbocycles. The van der Waals surface area contributed by atoms with Crippen molar-refractivity contribution in [2.24, 2.45) is 0 Å². The standard InChI is InChI=1S/C11H23NO4P.C8H14O2/c1-10(2)11(13)15-8-9-17(14)16-7-6-12(3,4)5;1-3-4-5-6-7(2)8(9)10/h17H,1,6-9H2,2-5H3;6H,3-5H2,1-2H3,(H,9,10)/q+1;/p-1. The Balaban J connectivity index is 0. The van der Waals surface area contributed by atoms with Gasteiger partial charge >= 0.3 is 5.97 Å². The molecule has 0 fully saturated rings. The van der Waals surface area contributed by atoms with Crippen molar-refractivity contribution < 1.29 is 33.0 Å². The van der Waals surface area contributed by atoms with E-state index in [-0.39, 0.29) is 12.8 Å². The van der Waals surface area contributed by atoms with Crippen LogP contribution in [-0.2, 0) is 23.4 Å². The van der Waals surface area contributed by atoms with Gasteiger partial charge in [0, 0.05) is 5.57 Å². The first-order valence-corrected chi connectivity index (χ1v) is 10.6. The molecule has 0 spiro atoms. The third-order valence-electron chi connectivity index (χ3n) is 3.24. The number of quaternary nitrogens is 1. The van der Waals surface area contributed by atoms with Gasteiger partial charge in [-0.05, 0) is 25.8 Å². The summed E-state index contributed by atoms with van der Waals surface area (Å²) in [7, 11) is 4.01. The number of ether oxygens (including phenoxy) is 1. The van der Waals surface area contributed by atoms with E-state index in [0.717, 1.165) is 30.3 Å². The summed E-state index contributed by atoms with van der Waals surface area (Å²) in [6.07, 6.45) is 4.96. The molecule has 27 heavy (non-hydrogen) atoms. The number of rotatable bonds is 12. The number of unbranched alkanes of at least 4 members (excludes halogenated alkanes) is 2. The molecule has 0 rings (SSSR count). The van der Waals surface area contributed by atoms with Crippen LogP contribution in [0.3, 0.4) is 0 Å². The number of allylic oxidation sites excluding steroid dienone is 1. The van der Waals surface area contributed by atoms with Gasteiger partial charge in [-0.3, -0.25) is 4.57 Å². The van der Waals surface area contributed by atoms with Crippen LogP contribution in [0.15, 0.2) is 23.8 Å². The van der Waals surface area contributed by atoms with Crippen molar-refractivity contribution in [3.63, 3.8) is 0 Å². The summed E-state index contributed by atoms with van der Waals surface area (Å²) in [5.41, 5.74) is 0.684. The lowest BCUT2D eigenvalue weighted by molar-refractivity contribution is -0.870. The molecule has 0 radical (unpaired) electrons. The number of hydrogen-bond donors (Lipinski definition) is 0. The number of carboxylic acids is 1. The highest BCUT2D eigenvalue weighted by Crippen LogP contribution is 2.21. The fraction of sp³-hybridized carbons (Fsp3) is 0.684. The van der Waals surface area contributed by atoms with E-state index in [2.05, 4.69) is 13.5 Å². The fourth-order valence-electron chi connectivity index (χ4n) is 1.46. The Morgan fingerprint density at radius 2 is 1.78 bits per heavy atom. The van der Waals surface area contributed by atoms with Gasteiger partial charge in [0.15, 0.2) is 8.03 Å². The van der Waals surface area contributed by atoms with Gasteiger partial charge in [0.25, 0.3) is 0 Å². The minimum Gasteiger partial charge on any atom is -0.545 e. The molecule has 0 aromatic carbocycles. The summed E-state index contributed by atoms with van der Waals surface area (Å²) < 4.78 is 22.2. The van der Waals surface area contributed by atoms with Crippen molar-refractivity contribution in [2.75, 3.05) is 47.1 Å². The van der Waals surface area contributed by atoms with Crippen LogP contribution in [0.4, 0.5) is 0 Å². The number of likely N-dealkylation sites (N-methyl/N-ethyl adjacent to an activating group) is 1. The Morgan fingerprint density at radius 3 is 2.22 bits per heavy atom. The normalized spacial score (nSPS) is 12.6. The Bertz CT molecular complexity index is 523. The first kappa shape index (κ1) is 27.8. The van der Waals surface area contributed by atoms with Crippen molar-refractivity contribution in [1.82, 2.24) is 0 Å². The molecule has 0 aromatic rings. The first-order valence-electron chi connectivity index (χ1n) is 9.07. The Labute approximate surface area is 164 Å². The molecule has 0 bridgehead atoms. The third-order valence-corrected chi connectivity index (χ3v) is 4.38. The maximum Gasteiger partial charge on any atom is 0.333 e. The van der Waals surface area contributed by atoms with Gasteiger partial charge in [-0.25, -0.2) is 4.79 Å². The van der Waals surface area contributed by atoms with E-state index in [4.69, 9.17) is 9.26 Å². The fourth-order valence-corrected chi connectivity index (χ4v) is 2.19. The Hall–Kier alpha value is -1.43. The monoisotopic (exact) mass is 405 g/mol. The molecule has 0 aliphatic carbocycles. The molecule has 0 amide bonds. The quantitative estimate of drug-likeness (QED) is 0.162. The number of carbonyl (C=O) groups excluding carboxylic acids is 2. The summed E-state index contributed by atoms with van der Waals surface area (Å²) in [4.78, 5) is 21.1. The lowest BCUT2D eigenvalue weighted by Gasteiger charge is -2.23. The summed E-state index contributed by atoms with van der Waals surface area (Å²) >= 11 is 0. The van der Waals surface area contributed by atoms with Gasteiger partial charge in [-0.1, -0.05) is 32.4 Å². The summed E-state index contributed by atoms with van der Waals surface area (Å²) in [6.45, 7) is 10.0. The van der Waals surface area contributed by atoms with Gasteiger partial charge < -0.3 is 23.6 Å². The van der Waals surface area contributed by atoms with E-state index in [9.17, 15) is 19.3 Å². The number of hydrogen-bond acceptors (Lipinski definition) is 6. The molecule has 1 unspecified atom stereocenters. The van der Waals surface area contributed by atoms with Gasteiger partial charge in [-0.15, -0.1) is 0 Å². The topological polar surface area (TPSA) is 92.7 Å². The van der Waals surface area contributed by atoms with E-state index in [1.165, 1.54) is 0 Å². The smallest absolute Gasteiger partial charge is 0.333 e. The molecule has 0 aliphatic heterocycles. The molecule has 1 atom stereocenters. The highest BCUT2D eigenvalue weighted by atomic mass is 31.1. The van der Waals surface area contributed by atoms with Gasteiger partial charge in [0.2, 0.25) is 0 Å². The van der Waals surface area contributed by atoms with E-state index >= 15 is 0 Å². The van der Waals surface area contributed by atoms with Crippen LogP contribution in [0.1, 0.15) is 40.0 Å². The predicted octanol–water partition coefficient (Wildman–Crippen LogP) is 2.18. The zero-order valence-electron chi connectivity index (χ0n) is 17.6. The molecular weight excluding hydrogens is 369 g/mol. The van der Waals surface area contributed by atoms with Crippen molar-refractivity contribution in [1.29, 1.82) is 0 Å². The second-order valence-electron chi connectivity index (χ2n) is 7.22. The SMILES string of the molecule is C=C(C)C(=O)OCC[PH](=O)OCC[N+](C)(C)C.CCCCC=C(C)C(=O)[O-]. The van der Waals surface area contributed by atoms with Gasteiger partial charge in [0.1, 0.15) is 19.8 Å². The average Bonchev–Trinajstić information content (AvgIpc) is 2.54. The largest absolute Gasteiger partial charge is 0.545 e. The van der Waals surface area contributed by atoms with Crippen LogP contribution in [0, 0.1) is 0 Å². The van der Waals surface area contributed by atoms with Crippen molar-refractivity contribution in [3.05, 3.63) is 23.8 Å². The van der Waals surface area contributed by atoms with Crippen LogP contribution in [0.5, 0.6) is 0 Å². The predicted molar refractivity (Wildman–Crippen MR) is 107 cm³/mol. The minimum absolute atomic E-state index is 0.119. The molecule has 0 N–H and O–H groups in total. The number of aliphatic carboxylic acids is 1. The lowest BCUT2D eigenvalue weighted by Crippen LogP contribution is -2.37. The van der Waals surface area contributed by atoms with Crippen molar-refractivity contribution in [3.8, 4) is 0 Å². The van der Waals surface area contributed by atoms with Crippen LogP contribution in [0.25, 0.3) is 0 Å². The van der Waals surface area contributed by atoms with Crippen LogP contribution < -0.4 is 5.11 Å². The number of carbonyl (C=O) groups is 2. The molecule has 0 heterocycles. The third kappa shape index (κ3) is 20.7.